The molecular formula is C30H18N2S. The summed E-state index contributed by atoms with van der Waals surface area (Å²) in [7, 11) is 0. The van der Waals surface area contributed by atoms with Crippen LogP contribution in [0.3, 0.4) is 0 Å². The second-order valence-corrected chi connectivity index (χ2v) is 9.36. The van der Waals surface area contributed by atoms with E-state index in [1.165, 1.54) is 36.7 Å². The molecular weight excluding hydrogens is 420 g/mol. The van der Waals surface area contributed by atoms with Crippen LogP contribution in [-0.2, 0) is 0 Å². The third kappa shape index (κ3) is 2.94. The molecule has 5 aromatic carbocycles. The molecule has 0 aliphatic carbocycles. The summed E-state index contributed by atoms with van der Waals surface area (Å²) in [6.45, 7) is 0. The molecule has 0 saturated carbocycles. The van der Waals surface area contributed by atoms with Crippen LogP contribution in [0.4, 0.5) is 0 Å². The van der Waals surface area contributed by atoms with E-state index in [-0.39, 0.29) is 0 Å². The van der Waals surface area contributed by atoms with Crippen molar-refractivity contribution in [3.63, 3.8) is 0 Å². The van der Waals surface area contributed by atoms with Crippen molar-refractivity contribution >= 4 is 53.2 Å². The van der Waals surface area contributed by atoms with E-state index >= 15 is 0 Å². The molecule has 7 rings (SSSR count). The second-order valence-electron chi connectivity index (χ2n) is 8.28. The van der Waals surface area contributed by atoms with Gasteiger partial charge >= 0.3 is 0 Å². The first kappa shape index (κ1) is 18.5. The van der Waals surface area contributed by atoms with E-state index in [1.807, 2.05) is 17.5 Å². The lowest BCUT2D eigenvalue weighted by Gasteiger charge is -2.09. The third-order valence-electron chi connectivity index (χ3n) is 6.31. The van der Waals surface area contributed by atoms with Crippen molar-refractivity contribution in [2.45, 2.75) is 0 Å². The largest absolute Gasteiger partial charge is 0.236 e. The maximum atomic E-state index is 5.00. The number of hydrogen-bond acceptors (Lipinski definition) is 3. The van der Waals surface area contributed by atoms with Gasteiger partial charge in [-0.05, 0) is 34.7 Å². The van der Waals surface area contributed by atoms with Crippen molar-refractivity contribution in [2.75, 3.05) is 0 Å². The standard InChI is InChI=1S/C30H18N2S/c1-2-10-24-19(7-1)15-16-22-18-31-30(32-29(22)24)21-9-5-8-20(17-21)23-12-6-14-27-28(23)25-11-3-4-13-26(25)33-27/h1-18H. The van der Waals surface area contributed by atoms with E-state index < -0.39 is 0 Å². The van der Waals surface area contributed by atoms with Crippen LogP contribution < -0.4 is 0 Å². The lowest BCUT2D eigenvalue weighted by molar-refractivity contribution is 1.23. The summed E-state index contributed by atoms with van der Waals surface area (Å²) in [5, 5.41) is 6.04. The number of rotatable bonds is 2. The summed E-state index contributed by atoms with van der Waals surface area (Å²) in [6.07, 6.45) is 1.93. The average Bonchev–Trinajstić information content (AvgIpc) is 3.27. The summed E-state index contributed by atoms with van der Waals surface area (Å²) in [6, 6.07) is 36.5. The second kappa shape index (κ2) is 7.22. The molecule has 0 N–H and O–H groups in total. The molecule has 0 spiro atoms. The summed E-state index contributed by atoms with van der Waals surface area (Å²) in [5.74, 6) is 0.753. The first-order valence-corrected chi connectivity index (χ1v) is 11.8. The lowest BCUT2D eigenvalue weighted by Crippen LogP contribution is -1.91. The Morgan fingerprint density at radius 2 is 1.33 bits per heavy atom. The molecule has 0 fully saturated rings. The molecule has 0 aliphatic heterocycles. The van der Waals surface area contributed by atoms with Gasteiger partial charge in [-0.25, -0.2) is 9.97 Å². The van der Waals surface area contributed by atoms with Crippen LogP contribution in [0, 0.1) is 0 Å². The number of nitrogens with zero attached hydrogens (tertiary/aromatic N) is 2. The van der Waals surface area contributed by atoms with E-state index in [1.54, 1.807) is 0 Å². The zero-order chi connectivity index (χ0) is 21.8. The van der Waals surface area contributed by atoms with Crippen LogP contribution in [0.25, 0.3) is 64.4 Å². The summed E-state index contributed by atoms with van der Waals surface area (Å²) in [5.41, 5.74) is 4.45. The molecule has 2 heterocycles. The summed E-state index contributed by atoms with van der Waals surface area (Å²) >= 11 is 1.85. The molecule has 2 aromatic heterocycles. The number of aromatic nitrogens is 2. The third-order valence-corrected chi connectivity index (χ3v) is 7.45. The first-order valence-electron chi connectivity index (χ1n) is 11.0. The molecule has 7 aromatic rings. The van der Waals surface area contributed by atoms with Gasteiger partial charge in [0, 0.05) is 42.7 Å². The molecule has 33 heavy (non-hydrogen) atoms. The van der Waals surface area contributed by atoms with Crippen LogP contribution in [0.5, 0.6) is 0 Å². The van der Waals surface area contributed by atoms with E-state index in [9.17, 15) is 0 Å². The number of thiophene rings is 1. The smallest absolute Gasteiger partial charge is 0.159 e. The molecule has 0 bridgehead atoms. The van der Waals surface area contributed by atoms with E-state index in [0.29, 0.717) is 0 Å². The van der Waals surface area contributed by atoms with Crippen LogP contribution in [0.15, 0.2) is 109 Å². The average molecular weight is 439 g/mol. The van der Waals surface area contributed by atoms with Gasteiger partial charge in [0.1, 0.15) is 0 Å². The lowest BCUT2D eigenvalue weighted by atomic mass is 9.98. The van der Waals surface area contributed by atoms with Crippen LogP contribution in [0.1, 0.15) is 0 Å². The number of hydrogen-bond donors (Lipinski definition) is 0. The molecule has 0 saturated heterocycles. The Bertz CT molecular complexity index is 1830. The predicted molar refractivity (Wildman–Crippen MR) is 141 cm³/mol. The van der Waals surface area contributed by atoms with Gasteiger partial charge in [0.05, 0.1) is 5.52 Å². The topological polar surface area (TPSA) is 25.8 Å². The van der Waals surface area contributed by atoms with Crippen molar-refractivity contribution in [1.82, 2.24) is 9.97 Å². The maximum Gasteiger partial charge on any atom is 0.159 e. The minimum Gasteiger partial charge on any atom is -0.236 e. The van der Waals surface area contributed by atoms with Gasteiger partial charge in [-0.1, -0.05) is 84.9 Å². The van der Waals surface area contributed by atoms with Gasteiger partial charge in [0.25, 0.3) is 0 Å². The summed E-state index contributed by atoms with van der Waals surface area (Å²) < 4.78 is 2.63. The monoisotopic (exact) mass is 438 g/mol. The highest BCUT2D eigenvalue weighted by Gasteiger charge is 2.12. The fraction of sp³-hybridized carbons (Fsp3) is 0. The van der Waals surface area contributed by atoms with E-state index in [4.69, 9.17) is 9.97 Å². The molecule has 3 heteroatoms. The van der Waals surface area contributed by atoms with Gasteiger partial charge in [-0.15, -0.1) is 11.3 Å². The van der Waals surface area contributed by atoms with Crippen molar-refractivity contribution in [1.29, 1.82) is 0 Å². The fourth-order valence-corrected chi connectivity index (χ4v) is 5.88. The Balaban J connectivity index is 1.43. The predicted octanol–water partition coefficient (Wildman–Crippen LogP) is 8.48. The van der Waals surface area contributed by atoms with Gasteiger partial charge < -0.3 is 0 Å². The molecule has 0 aliphatic rings. The van der Waals surface area contributed by atoms with E-state index in [2.05, 4.69) is 103 Å². The number of benzene rings is 5. The van der Waals surface area contributed by atoms with Gasteiger partial charge in [-0.2, -0.15) is 0 Å². The first-order chi connectivity index (χ1) is 16.3. The van der Waals surface area contributed by atoms with Gasteiger partial charge in [0.2, 0.25) is 0 Å². The highest BCUT2D eigenvalue weighted by molar-refractivity contribution is 7.25. The Hall–Kier alpha value is -4.08. The Morgan fingerprint density at radius 3 is 2.30 bits per heavy atom. The van der Waals surface area contributed by atoms with Crippen molar-refractivity contribution in [3.8, 4) is 22.5 Å². The van der Waals surface area contributed by atoms with Gasteiger partial charge in [0.15, 0.2) is 5.82 Å². The highest BCUT2D eigenvalue weighted by Crippen LogP contribution is 2.40. The zero-order valence-electron chi connectivity index (χ0n) is 17.7. The zero-order valence-corrected chi connectivity index (χ0v) is 18.5. The van der Waals surface area contributed by atoms with Crippen LogP contribution in [-0.4, -0.2) is 9.97 Å². The Kier molecular flexibility index (Phi) is 4.05. The maximum absolute atomic E-state index is 5.00. The van der Waals surface area contributed by atoms with Crippen molar-refractivity contribution in [3.05, 3.63) is 109 Å². The van der Waals surface area contributed by atoms with E-state index in [0.717, 1.165) is 27.7 Å². The molecule has 0 amide bonds. The minimum atomic E-state index is 0.753. The highest BCUT2D eigenvalue weighted by atomic mass is 32.1. The Morgan fingerprint density at radius 1 is 0.576 bits per heavy atom. The molecule has 154 valence electrons. The summed E-state index contributed by atoms with van der Waals surface area (Å²) in [4.78, 5) is 9.71. The Labute approximate surface area is 194 Å². The van der Waals surface area contributed by atoms with Gasteiger partial charge in [-0.3, -0.25) is 0 Å². The van der Waals surface area contributed by atoms with Crippen LogP contribution >= 0.6 is 11.3 Å². The normalized spacial score (nSPS) is 11.6. The van der Waals surface area contributed by atoms with Crippen molar-refractivity contribution in [2.24, 2.45) is 0 Å². The minimum absolute atomic E-state index is 0.753. The molecule has 0 unspecified atom stereocenters. The quantitative estimate of drug-likeness (QED) is 0.253. The number of fused-ring (bicyclic) bond motifs is 6. The van der Waals surface area contributed by atoms with Crippen molar-refractivity contribution < 1.29 is 0 Å². The van der Waals surface area contributed by atoms with Crippen LogP contribution in [0.2, 0.25) is 0 Å². The molecule has 2 nitrogen and oxygen atoms in total. The molecule has 0 radical (unpaired) electrons. The molecule has 0 atom stereocenters. The fourth-order valence-electron chi connectivity index (χ4n) is 4.75. The SMILES string of the molecule is c1cc(-c2ncc3ccc4ccccc4c3n2)cc(-c2cccc3sc4ccccc4c23)c1.